The monoisotopic (exact) mass is 483 g/mol. The highest BCUT2D eigenvalue weighted by molar-refractivity contribution is 5.84. The van der Waals surface area contributed by atoms with Crippen molar-refractivity contribution in [2.75, 3.05) is 33.2 Å². The van der Waals surface area contributed by atoms with Crippen LogP contribution in [0.3, 0.4) is 0 Å². The Balaban J connectivity index is 1.70. The van der Waals surface area contributed by atoms with Gasteiger partial charge < -0.3 is 24.8 Å². The van der Waals surface area contributed by atoms with Crippen molar-refractivity contribution in [2.45, 2.75) is 70.6 Å². The number of anilines is 1. The number of benzene rings is 1. The average Bonchev–Trinajstić information content (AvgIpc) is 2.88. The molecule has 1 aliphatic carbocycles. The summed E-state index contributed by atoms with van der Waals surface area (Å²) in [6.45, 7) is 5.16. The van der Waals surface area contributed by atoms with Crippen LogP contribution in [0, 0.1) is 17.8 Å². The Hall–Kier alpha value is -2.38. The zero-order valence-corrected chi connectivity index (χ0v) is 21.8. The van der Waals surface area contributed by atoms with Gasteiger partial charge in [-0.1, -0.05) is 20.3 Å². The maximum absolute atomic E-state index is 13.5. The second kappa shape index (κ2) is 11.6. The SMILES string of the molecule is CCCNc1nc2ccc(OC)cc2cc1CC1C(=O)NC(CCC)C2CC(OC)C(OC)CC12. The van der Waals surface area contributed by atoms with Crippen LogP contribution >= 0.6 is 0 Å². The molecule has 1 saturated carbocycles. The first kappa shape index (κ1) is 25.7. The largest absolute Gasteiger partial charge is 0.497 e. The van der Waals surface area contributed by atoms with E-state index in [-0.39, 0.29) is 36.0 Å². The molecule has 1 aliphatic heterocycles. The molecule has 6 unspecified atom stereocenters. The number of nitrogens with one attached hydrogen (secondary N) is 2. The number of amides is 1. The molecule has 2 fully saturated rings. The minimum absolute atomic E-state index is 0.00797. The molecule has 0 spiro atoms. The highest BCUT2D eigenvalue weighted by Gasteiger charge is 2.49. The van der Waals surface area contributed by atoms with E-state index in [9.17, 15) is 4.79 Å². The van der Waals surface area contributed by atoms with Gasteiger partial charge in [0.2, 0.25) is 5.91 Å². The van der Waals surface area contributed by atoms with Crippen molar-refractivity contribution in [1.29, 1.82) is 0 Å². The van der Waals surface area contributed by atoms with Gasteiger partial charge in [0.25, 0.3) is 0 Å². The third-order valence-electron chi connectivity index (χ3n) is 7.96. The molecular weight excluding hydrogens is 442 g/mol. The standard InChI is InChI=1S/C28H41N3O4/c1-6-8-24-21-16-26(35-5)25(34-4)15-20(21)22(28(32)31-24)14-18-12-17-13-19(33-3)9-10-23(17)30-27(18)29-11-7-2/h9-10,12-13,20-22,24-26H,6-8,11,14-16H2,1-5H3,(H,29,30)(H,31,32). The number of methoxy groups -OCH3 is 3. The highest BCUT2D eigenvalue weighted by Crippen LogP contribution is 2.44. The van der Waals surface area contributed by atoms with E-state index in [1.165, 1.54) is 0 Å². The zero-order chi connectivity index (χ0) is 24.9. The smallest absolute Gasteiger partial charge is 0.223 e. The van der Waals surface area contributed by atoms with Crippen molar-refractivity contribution in [3.63, 3.8) is 0 Å². The fourth-order valence-electron chi connectivity index (χ4n) is 6.16. The summed E-state index contributed by atoms with van der Waals surface area (Å²) in [5.41, 5.74) is 2.00. The molecule has 7 nitrogen and oxygen atoms in total. The molecule has 2 aliphatic rings. The van der Waals surface area contributed by atoms with Crippen LogP contribution in [0.1, 0.15) is 51.5 Å². The number of aromatic nitrogens is 1. The second-order valence-corrected chi connectivity index (χ2v) is 10.0. The molecular formula is C28H41N3O4. The van der Waals surface area contributed by atoms with Crippen molar-refractivity contribution in [1.82, 2.24) is 10.3 Å². The molecule has 35 heavy (non-hydrogen) atoms. The zero-order valence-electron chi connectivity index (χ0n) is 21.8. The van der Waals surface area contributed by atoms with Crippen LogP contribution in [0.4, 0.5) is 5.82 Å². The summed E-state index contributed by atoms with van der Waals surface area (Å²) in [5, 5.41) is 7.92. The van der Waals surface area contributed by atoms with Crippen molar-refractivity contribution < 1.29 is 19.0 Å². The average molecular weight is 484 g/mol. The first-order valence-electron chi connectivity index (χ1n) is 13.1. The number of carbonyl (C=O) groups excluding carboxylic acids is 1. The lowest BCUT2D eigenvalue weighted by Gasteiger charge is -2.49. The minimum Gasteiger partial charge on any atom is -0.497 e. The van der Waals surface area contributed by atoms with E-state index >= 15 is 0 Å². The Bertz CT molecular complexity index is 1010. The van der Waals surface area contributed by atoms with E-state index in [1.54, 1.807) is 21.3 Å². The van der Waals surface area contributed by atoms with E-state index in [0.29, 0.717) is 12.3 Å². The molecule has 192 valence electrons. The number of piperidine rings is 1. The first-order chi connectivity index (χ1) is 17.0. The van der Waals surface area contributed by atoms with Gasteiger partial charge >= 0.3 is 0 Å². The summed E-state index contributed by atoms with van der Waals surface area (Å²) >= 11 is 0. The van der Waals surface area contributed by atoms with Crippen LogP contribution in [0.2, 0.25) is 0 Å². The first-order valence-corrected chi connectivity index (χ1v) is 13.1. The third kappa shape index (κ3) is 5.41. The number of fused-ring (bicyclic) bond motifs is 2. The summed E-state index contributed by atoms with van der Waals surface area (Å²) in [5.74, 6) is 2.33. The third-order valence-corrected chi connectivity index (χ3v) is 7.96. The molecule has 2 N–H and O–H groups in total. The summed E-state index contributed by atoms with van der Waals surface area (Å²) in [6.07, 6.45) is 5.51. The fraction of sp³-hybridized carbons (Fsp3) is 0.643. The normalized spacial score (nSPS) is 28.4. The Morgan fingerprint density at radius 2 is 1.77 bits per heavy atom. The van der Waals surface area contributed by atoms with Crippen LogP contribution < -0.4 is 15.4 Å². The van der Waals surface area contributed by atoms with Crippen LogP contribution in [-0.4, -0.2) is 57.0 Å². The van der Waals surface area contributed by atoms with Crippen LogP contribution in [-0.2, 0) is 20.7 Å². The Morgan fingerprint density at radius 1 is 1.03 bits per heavy atom. The minimum atomic E-state index is -0.129. The van der Waals surface area contributed by atoms with Gasteiger partial charge in [0.05, 0.1) is 24.8 Å². The summed E-state index contributed by atoms with van der Waals surface area (Å²) in [4.78, 5) is 18.5. The molecule has 0 radical (unpaired) electrons. The Labute approximate surface area is 209 Å². The molecule has 1 amide bonds. The van der Waals surface area contributed by atoms with E-state index in [4.69, 9.17) is 19.2 Å². The van der Waals surface area contributed by atoms with Crippen LogP contribution in [0.5, 0.6) is 5.75 Å². The quantitative estimate of drug-likeness (QED) is 0.515. The Morgan fingerprint density at radius 3 is 2.43 bits per heavy atom. The molecule has 6 atom stereocenters. The number of carbonyl (C=O) groups is 1. The highest BCUT2D eigenvalue weighted by atomic mass is 16.5. The summed E-state index contributed by atoms with van der Waals surface area (Å²) < 4.78 is 17.1. The van der Waals surface area contributed by atoms with Crippen LogP contribution in [0.25, 0.3) is 10.9 Å². The van der Waals surface area contributed by atoms with Crippen molar-refractivity contribution in [3.8, 4) is 5.75 Å². The van der Waals surface area contributed by atoms with E-state index in [0.717, 1.165) is 66.7 Å². The van der Waals surface area contributed by atoms with Crippen molar-refractivity contribution >= 4 is 22.6 Å². The predicted octanol–water partition coefficient (Wildman–Crippen LogP) is 4.58. The molecule has 1 aromatic heterocycles. The van der Waals surface area contributed by atoms with E-state index in [1.807, 2.05) is 18.2 Å². The fourth-order valence-corrected chi connectivity index (χ4v) is 6.16. The molecule has 4 rings (SSSR count). The lowest BCUT2D eigenvalue weighted by atomic mass is 9.63. The lowest BCUT2D eigenvalue weighted by molar-refractivity contribution is -0.144. The molecule has 2 aromatic rings. The number of pyridine rings is 1. The van der Waals surface area contributed by atoms with Gasteiger partial charge in [-0.3, -0.25) is 4.79 Å². The number of hydrogen-bond donors (Lipinski definition) is 2. The molecule has 2 heterocycles. The van der Waals surface area contributed by atoms with E-state index < -0.39 is 0 Å². The van der Waals surface area contributed by atoms with E-state index in [2.05, 4.69) is 30.5 Å². The summed E-state index contributed by atoms with van der Waals surface area (Å²) in [7, 11) is 5.20. The van der Waals surface area contributed by atoms with Gasteiger partial charge in [0.1, 0.15) is 11.6 Å². The molecule has 0 bridgehead atoms. The lowest BCUT2D eigenvalue weighted by Crippen LogP contribution is -2.59. The van der Waals surface area contributed by atoms with Gasteiger partial charge in [-0.05, 0) is 73.8 Å². The number of rotatable bonds is 10. The molecule has 1 aromatic carbocycles. The van der Waals surface area contributed by atoms with Gasteiger partial charge in [-0.15, -0.1) is 0 Å². The molecule has 7 heteroatoms. The maximum atomic E-state index is 13.5. The predicted molar refractivity (Wildman–Crippen MR) is 139 cm³/mol. The second-order valence-electron chi connectivity index (χ2n) is 10.0. The van der Waals surface area contributed by atoms with Crippen molar-refractivity contribution in [3.05, 3.63) is 29.8 Å². The number of hydrogen-bond acceptors (Lipinski definition) is 6. The maximum Gasteiger partial charge on any atom is 0.223 e. The topological polar surface area (TPSA) is 81.7 Å². The van der Waals surface area contributed by atoms with Gasteiger partial charge in [0, 0.05) is 38.1 Å². The molecule has 1 saturated heterocycles. The van der Waals surface area contributed by atoms with Gasteiger partial charge in [-0.2, -0.15) is 0 Å². The van der Waals surface area contributed by atoms with Crippen LogP contribution in [0.15, 0.2) is 24.3 Å². The van der Waals surface area contributed by atoms with Gasteiger partial charge in [0.15, 0.2) is 0 Å². The number of ether oxygens (including phenoxy) is 3. The number of nitrogens with zero attached hydrogens (tertiary/aromatic N) is 1. The van der Waals surface area contributed by atoms with Crippen molar-refractivity contribution in [2.24, 2.45) is 17.8 Å². The summed E-state index contributed by atoms with van der Waals surface area (Å²) in [6, 6.07) is 8.31. The van der Waals surface area contributed by atoms with Gasteiger partial charge in [-0.25, -0.2) is 4.98 Å². The Kier molecular flexibility index (Phi) is 8.50.